The van der Waals surface area contributed by atoms with E-state index in [2.05, 4.69) is 43.5 Å². The van der Waals surface area contributed by atoms with E-state index in [0.717, 1.165) is 38.5 Å². The van der Waals surface area contributed by atoms with Gasteiger partial charge in [0.25, 0.3) is 7.82 Å². The minimum atomic E-state index is -4.59. The first-order valence-electron chi connectivity index (χ1n) is 23.4. The molecule has 0 fully saturated rings. The fraction of sp³-hybridized carbons (Fsp3) is 0.851. The highest BCUT2D eigenvalue weighted by Gasteiger charge is 2.23. The summed E-state index contributed by atoms with van der Waals surface area (Å²) in [6.07, 6.45) is 47.8. The molecule has 330 valence electrons. The molecule has 0 aromatic heterocycles. The molecule has 2 N–H and O–H groups in total. The summed E-state index contributed by atoms with van der Waals surface area (Å²) in [5, 5.41) is 13.7. The summed E-state index contributed by atoms with van der Waals surface area (Å²) in [5.74, 6) is -0.213. The van der Waals surface area contributed by atoms with Crippen LogP contribution in [-0.2, 0) is 18.4 Å². The molecule has 8 nitrogen and oxygen atoms in total. The van der Waals surface area contributed by atoms with Gasteiger partial charge in [-0.05, 0) is 57.8 Å². The van der Waals surface area contributed by atoms with Gasteiger partial charge in [-0.25, -0.2) is 0 Å². The molecule has 0 aromatic rings. The first-order valence-corrected chi connectivity index (χ1v) is 24.8. The van der Waals surface area contributed by atoms with Gasteiger partial charge in [0.05, 0.1) is 39.9 Å². The maximum absolute atomic E-state index is 12.8. The number of allylic oxidation sites excluding steroid dienone is 5. The summed E-state index contributed by atoms with van der Waals surface area (Å²) >= 11 is 0. The second kappa shape index (κ2) is 39.2. The molecule has 1 amide bonds. The predicted octanol–water partition coefficient (Wildman–Crippen LogP) is 12.5. The molecule has 0 aliphatic carbocycles. The van der Waals surface area contributed by atoms with E-state index in [1.165, 1.54) is 148 Å². The molecule has 0 bridgehead atoms. The summed E-state index contributed by atoms with van der Waals surface area (Å²) < 4.78 is 23.1. The lowest BCUT2D eigenvalue weighted by Crippen LogP contribution is -2.45. The van der Waals surface area contributed by atoms with E-state index < -0.39 is 26.6 Å². The maximum Gasteiger partial charge on any atom is 0.268 e. The molecule has 0 radical (unpaired) electrons. The molecule has 9 heteroatoms. The van der Waals surface area contributed by atoms with Crippen molar-refractivity contribution >= 4 is 13.7 Å². The van der Waals surface area contributed by atoms with Crippen molar-refractivity contribution in [3.63, 3.8) is 0 Å². The van der Waals surface area contributed by atoms with Crippen LogP contribution in [0, 0.1) is 0 Å². The third-order valence-electron chi connectivity index (χ3n) is 10.3. The van der Waals surface area contributed by atoms with Crippen LogP contribution in [0.25, 0.3) is 0 Å². The van der Waals surface area contributed by atoms with E-state index in [-0.39, 0.29) is 12.5 Å². The number of hydrogen-bond acceptors (Lipinski definition) is 6. The Hall–Kier alpha value is -1.28. The molecule has 0 saturated heterocycles. The number of carbonyl (C=O) groups is 1. The van der Waals surface area contributed by atoms with Crippen LogP contribution in [0.3, 0.4) is 0 Å². The van der Waals surface area contributed by atoms with Crippen LogP contribution in [0.4, 0.5) is 0 Å². The lowest BCUT2D eigenvalue weighted by molar-refractivity contribution is -0.870. The minimum absolute atomic E-state index is 0.00734. The number of phosphoric ester groups is 1. The molecule has 0 rings (SSSR count). The normalized spacial score (nSPS) is 14.6. The Morgan fingerprint density at radius 2 is 1.00 bits per heavy atom. The van der Waals surface area contributed by atoms with Gasteiger partial charge in [-0.15, -0.1) is 0 Å². The van der Waals surface area contributed by atoms with Crippen molar-refractivity contribution in [1.29, 1.82) is 0 Å². The van der Waals surface area contributed by atoms with Crippen molar-refractivity contribution < 1.29 is 32.9 Å². The van der Waals surface area contributed by atoms with Gasteiger partial charge in [0.15, 0.2) is 0 Å². The number of phosphoric acid groups is 1. The van der Waals surface area contributed by atoms with Crippen molar-refractivity contribution in [3.05, 3.63) is 36.5 Å². The second-order valence-corrected chi connectivity index (χ2v) is 18.5. The average Bonchev–Trinajstić information content (AvgIpc) is 3.15. The van der Waals surface area contributed by atoms with E-state index in [1.54, 1.807) is 6.08 Å². The van der Waals surface area contributed by atoms with Gasteiger partial charge in [-0.1, -0.05) is 179 Å². The zero-order valence-electron chi connectivity index (χ0n) is 37.3. The number of quaternary nitrogens is 1. The van der Waals surface area contributed by atoms with Crippen molar-refractivity contribution in [2.45, 2.75) is 219 Å². The molecule has 0 heterocycles. The van der Waals surface area contributed by atoms with E-state index in [1.807, 2.05) is 27.2 Å². The fourth-order valence-electron chi connectivity index (χ4n) is 6.57. The number of aliphatic hydroxyl groups is 1. The number of hydrogen-bond donors (Lipinski definition) is 2. The molecular weight excluding hydrogens is 719 g/mol. The van der Waals surface area contributed by atoms with Crippen LogP contribution in [0.15, 0.2) is 36.5 Å². The van der Waals surface area contributed by atoms with Crippen molar-refractivity contribution in [1.82, 2.24) is 5.32 Å². The van der Waals surface area contributed by atoms with E-state index >= 15 is 0 Å². The maximum atomic E-state index is 12.8. The van der Waals surface area contributed by atoms with Gasteiger partial charge in [-0.3, -0.25) is 9.36 Å². The zero-order valence-corrected chi connectivity index (χ0v) is 38.2. The molecule has 0 aromatic carbocycles. The number of likely N-dealkylation sites (N-methyl/N-ethyl adjacent to an activating group) is 1. The monoisotopic (exact) mass is 811 g/mol. The number of nitrogens with zero attached hydrogens (tertiary/aromatic N) is 1. The molecule has 3 atom stereocenters. The van der Waals surface area contributed by atoms with Crippen molar-refractivity contribution in [3.8, 4) is 0 Å². The highest BCUT2D eigenvalue weighted by molar-refractivity contribution is 7.45. The second-order valence-electron chi connectivity index (χ2n) is 17.1. The molecule has 0 spiro atoms. The average molecular weight is 811 g/mol. The van der Waals surface area contributed by atoms with Crippen LogP contribution in [-0.4, -0.2) is 68.5 Å². The first-order chi connectivity index (χ1) is 27.0. The summed E-state index contributed by atoms with van der Waals surface area (Å²) in [4.78, 5) is 25.3. The van der Waals surface area contributed by atoms with Gasteiger partial charge < -0.3 is 28.8 Å². The molecule has 0 saturated carbocycles. The SMILES string of the molecule is CCCCCCC/C=C/CC/C=C/C(O)C(COP(=O)([O-])OCC[N+](C)(C)C)NC(=O)CCCCCCCCC/C=C\CCCCCCCCCCCCCC. The summed E-state index contributed by atoms with van der Waals surface area (Å²) in [6, 6.07) is -0.903. The molecule has 0 aliphatic rings. The first kappa shape index (κ1) is 54.7. The minimum Gasteiger partial charge on any atom is -0.756 e. The number of carbonyl (C=O) groups excluding carboxylic acids is 1. The molecule has 3 unspecified atom stereocenters. The van der Waals surface area contributed by atoms with Crippen LogP contribution in [0.2, 0.25) is 0 Å². The number of rotatable bonds is 42. The third-order valence-corrected chi connectivity index (χ3v) is 11.3. The Labute approximate surface area is 347 Å². The smallest absolute Gasteiger partial charge is 0.268 e. The predicted molar refractivity (Wildman–Crippen MR) is 238 cm³/mol. The van der Waals surface area contributed by atoms with Crippen LogP contribution in [0.5, 0.6) is 0 Å². The van der Waals surface area contributed by atoms with E-state index in [0.29, 0.717) is 17.4 Å². The third kappa shape index (κ3) is 40.9. The lowest BCUT2D eigenvalue weighted by Gasteiger charge is -2.29. The largest absolute Gasteiger partial charge is 0.756 e. The van der Waals surface area contributed by atoms with Gasteiger partial charge in [-0.2, -0.15) is 0 Å². The Morgan fingerprint density at radius 1 is 0.607 bits per heavy atom. The number of aliphatic hydroxyl groups excluding tert-OH is 1. The quantitative estimate of drug-likeness (QED) is 0.0275. The topological polar surface area (TPSA) is 108 Å². The number of amides is 1. The Balaban J connectivity index is 4.27. The summed E-state index contributed by atoms with van der Waals surface area (Å²) in [7, 11) is 1.24. The highest BCUT2D eigenvalue weighted by atomic mass is 31.2. The number of unbranched alkanes of at least 4 members (excludes halogenated alkanes) is 25. The Morgan fingerprint density at radius 3 is 1.45 bits per heavy atom. The summed E-state index contributed by atoms with van der Waals surface area (Å²) in [5.41, 5.74) is 0. The van der Waals surface area contributed by atoms with Gasteiger partial charge in [0.1, 0.15) is 13.2 Å². The van der Waals surface area contributed by atoms with Crippen molar-refractivity contribution in [2.75, 3.05) is 40.9 Å². The summed E-state index contributed by atoms with van der Waals surface area (Å²) in [6.45, 7) is 4.60. The van der Waals surface area contributed by atoms with Gasteiger partial charge in [0.2, 0.25) is 5.91 Å². The molecular formula is C47H91N2O6P. The zero-order chi connectivity index (χ0) is 41.4. The number of nitrogens with one attached hydrogen (secondary N) is 1. The highest BCUT2D eigenvalue weighted by Crippen LogP contribution is 2.38. The van der Waals surface area contributed by atoms with Crippen LogP contribution < -0.4 is 10.2 Å². The Kier molecular flexibility index (Phi) is 38.3. The molecule has 56 heavy (non-hydrogen) atoms. The van der Waals surface area contributed by atoms with Gasteiger partial charge >= 0.3 is 0 Å². The van der Waals surface area contributed by atoms with E-state index in [9.17, 15) is 19.4 Å². The van der Waals surface area contributed by atoms with Crippen molar-refractivity contribution in [2.24, 2.45) is 0 Å². The fourth-order valence-corrected chi connectivity index (χ4v) is 7.30. The van der Waals surface area contributed by atoms with Crippen LogP contribution >= 0.6 is 7.82 Å². The molecule has 0 aliphatic heterocycles. The van der Waals surface area contributed by atoms with Gasteiger partial charge in [0, 0.05) is 6.42 Å². The Bertz CT molecular complexity index is 1010. The van der Waals surface area contributed by atoms with Crippen LogP contribution in [0.1, 0.15) is 206 Å². The van der Waals surface area contributed by atoms with E-state index in [4.69, 9.17) is 9.05 Å². The standard InChI is InChI=1S/C47H91N2O6P/c1-6-8-10-12-14-16-18-19-20-21-22-23-24-25-26-27-28-29-31-33-35-37-39-41-47(51)48-45(44-55-56(52,53)54-43-42-49(3,4)5)46(50)40-38-36-34-32-30-17-15-13-11-9-7-2/h25-26,30,32,38,40,45-46,50H,6-24,27-29,31,33-37,39,41-44H2,1-5H3,(H-,48,51,52,53)/b26-25-,32-30+,40-38+. The lowest BCUT2D eigenvalue weighted by atomic mass is 10.0.